The maximum absolute atomic E-state index is 13.4. The lowest BCUT2D eigenvalue weighted by Crippen LogP contribution is -2.49. The van der Waals surface area contributed by atoms with Crippen LogP contribution in [0.3, 0.4) is 0 Å². The van der Waals surface area contributed by atoms with Crippen molar-refractivity contribution in [3.05, 3.63) is 41.2 Å². The highest BCUT2D eigenvalue weighted by atomic mass is 35.5. The maximum atomic E-state index is 13.4. The fourth-order valence-corrected chi connectivity index (χ4v) is 3.96. The Morgan fingerprint density at radius 2 is 1.88 bits per heavy atom. The Hall–Kier alpha value is -1.43. The molecule has 2 fully saturated rings. The van der Waals surface area contributed by atoms with Crippen LogP contribution in [0.4, 0.5) is 4.39 Å². The van der Waals surface area contributed by atoms with Gasteiger partial charge in [0.2, 0.25) is 5.88 Å². The van der Waals surface area contributed by atoms with Gasteiger partial charge in [-0.05, 0) is 68.5 Å². The third-order valence-electron chi connectivity index (χ3n) is 5.12. The van der Waals surface area contributed by atoms with Gasteiger partial charge in [-0.2, -0.15) is 0 Å². The van der Waals surface area contributed by atoms with Crippen LogP contribution in [-0.2, 0) is 0 Å². The zero-order valence-electron chi connectivity index (χ0n) is 13.7. The first-order chi connectivity index (χ1) is 11.6. The van der Waals surface area contributed by atoms with Crippen molar-refractivity contribution in [2.75, 3.05) is 13.1 Å². The predicted molar refractivity (Wildman–Crippen MR) is 97.9 cm³/mol. The molecular formula is C18H20Cl2FN3O. The summed E-state index contributed by atoms with van der Waals surface area (Å²) in [4.78, 5) is 0. The van der Waals surface area contributed by atoms with E-state index in [4.69, 9.17) is 16.3 Å². The van der Waals surface area contributed by atoms with Crippen molar-refractivity contribution in [2.24, 2.45) is 5.41 Å². The Balaban J connectivity index is 0.00000182. The molecule has 1 aliphatic carbocycles. The Labute approximate surface area is 157 Å². The summed E-state index contributed by atoms with van der Waals surface area (Å²) in [6, 6.07) is 7.74. The molecule has 25 heavy (non-hydrogen) atoms. The minimum absolute atomic E-state index is 0. The third kappa shape index (κ3) is 3.89. The Morgan fingerprint density at radius 3 is 2.56 bits per heavy atom. The summed E-state index contributed by atoms with van der Waals surface area (Å²) in [5, 5.41) is 12.1. The second kappa shape index (κ2) is 7.44. The number of ether oxygens (including phenoxy) is 1. The number of nitrogens with zero attached hydrogens (tertiary/aromatic N) is 2. The Kier molecular flexibility index (Phi) is 5.46. The first kappa shape index (κ1) is 18.4. The average Bonchev–Trinajstić information content (AvgIpc) is 2.57. The van der Waals surface area contributed by atoms with Crippen LogP contribution >= 0.6 is 24.0 Å². The van der Waals surface area contributed by atoms with E-state index in [0.717, 1.165) is 25.9 Å². The SMILES string of the molecule is Cl.Fc1ccc(Cl)c(-c2ccc(OC3CC4(CCNCC4)C3)nn2)c1. The van der Waals surface area contributed by atoms with E-state index in [1.807, 2.05) is 0 Å². The van der Waals surface area contributed by atoms with Crippen molar-refractivity contribution in [1.82, 2.24) is 15.5 Å². The van der Waals surface area contributed by atoms with Gasteiger partial charge in [0.15, 0.2) is 0 Å². The van der Waals surface area contributed by atoms with Crippen molar-refractivity contribution < 1.29 is 9.13 Å². The lowest BCUT2D eigenvalue weighted by atomic mass is 9.62. The van der Waals surface area contributed by atoms with Gasteiger partial charge >= 0.3 is 0 Å². The highest BCUT2D eigenvalue weighted by Gasteiger charge is 2.45. The summed E-state index contributed by atoms with van der Waals surface area (Å²) in [6.07, 6.45) is 4.87. The molecule has 0 unspecified atom stereocenters. The molecule has 1 aliphatic heterocycles. The average molecular weight is 384 g/mol. The molecule has 1 aromatic heterocycles. The van der Waals surface area contributed by atoms with Gasteiger partial charge in [-0.25, -0.2) is 4.39 Å². The normalized spacial score (nSPS) is 19.1. The van der Waals surface area contributed by atoms with Crippen LogP contribution in [0.25, 0.3) is 11.3 Å². The fourth-order valence-electron chi connectivity index (χ4n) is 3.75. The van der Waals surface area contributed by atoms with Crippen LogP contribution in [0, 0.1) is 11.2 Å². The highest BCUT2D eigenvalue weighted by molar-refractivity contribution is 6.33. The summed E-state index contributed by atoms with van der Waals surface area (Å²) in [7, 11) is 0. The first-order valence-corrected chi connectivity index (χ1v) is 8.68. The molecule has 0 radical (unpaired) electrons. The number of piperidine rings is 1. The predicted octanol–water partition coefficient (Wildman–Crippen LogP) is 4.27. The molecule has 134 valence electrons. The van der Waals surface area contributed by atoms with E-state index in [9.17, 15) is 4.39 Å². The molecule has 2 aliphatic rings. The molecule has 0 atom stereocenters. The molecule has 1 saturated heterocycles. The van der Waals surface area contributed by atoms with E-state index in [1.165, 1.54) is 31.0 Å². The van der Waals surface area contributed by atoms with Crippen LogP contribution in [-0.4, -0.2) is 29.4 Å². The Bertz CT molecular complexity index is 728. The molecule has 1 N–H and O–H groups in total. The summed E-state index contributed by atoms with van der Waals surface area (Å²) in [5.74, 6) is 0.165. The largest absolute Gasteiger partial charge is 0.473 e. The Morgan fingerprint density at radius 1 is 1.12 bits per heavy atom. The number of nitrogens with one attached hydrogen (secondary N) is 1. The molecule has 1 saturated carbocycles. The van der Waals surface area contributed by atoms with E-state index >= 15 is 0 Å². The van der Waals surface area contributed by atoms with Crippen LogP contribution in [0.2, 0.25) is 5.02 Å². The second-order valence-corrected chi connectivity index (χ2v) is 7.19. The highest BCUT2D eigenvalue weighted by Crippen LogP contribution is 2.49. The van der Waals surface area contributed by atoms with E-state index < -0.39 is 0 Å². The number of aromatic nitrogens is 2. The molecule has 0 bridgehead atoms. The second-order valence-electron chi connectivity index (χ2n) is 6.78. The topological polar surface area (TPSA) is 47.0 Å². The molecule has 7 heteroatoms. The molecule has 4 nitrogen and oxygen atoms in total. The third-order valence-corrected chi connectivity index (χ3v) is 5.45. The quantitative estimate of drug-likeness (QED) is 0.859. The van der Waals surface area contributed by atoms with Crippen molar-refractivity contribution >= 4 is 24.0 Å². The summed E-state index contributed by atoms with van der Waals surface area (Å²) in [5.41, 5.74) is 1.54. The van der Waals surface area contributed by atoms with Crippen molar-refractivity contribution in [2.45, 2.75) is 31.8 Å². The number of hydrogen-bond acceptors (Lipinski definition) is 4. The zero-order valence-corrected chi connectivity index (χ0v) is 15.2. The van der Waals surface area contributed by atoms with Gasteiger partial charge in [0, 0.05) is 11.6 Å². The maximum Gasteiger partial charge on any atom is 0.233 e. The molecule has 1 spiro atoms. The smallest absolute Gasteiger partial charge is 0.233 e. The van der Waals surface area contributed by atoms with Gasteiger partial charge in [-0.3, -0.25) is 0 Å². The van der Waals surface area contributed by atoms with Gasteiger partial charge in [-0.15, -0.1) is 22.6 Å². The van der Waals surface area contributed by atoms with E-state index in [0.29, 0.717) is 27.6 Å². The van der Waals surface area contributed by atoms with Crippen LogP contribution < -0.4 is 10.1 Å². The fraction of sp³-hybridized carbons (Fsp3) is 0.444. The lowest BCUT2D eigenvalue weighted by Gasteiger charge is -2.49. The van der Waals surface area contributed by atoms with Gasteiger partial charge in [0.1, 0.15) is 11.9 Å². The molecule has 2 aromatic rings. The number of benzene rings is 1. The minimum atomic E-state index is -0.349. The van der Waals surface area contributed by atoms with E-state index in [-0.39, 0.29) is 24.3 Å². The minimum Gasteiger partial charge on any atom is -0.473 e. The number of halogens is 3. The van der Waals surface area contributed by atoms with Crippen molar-refractivity contribution in [3.63, 3.8) is 0 Å². The van der Waals surface area contributed by atoms with Crippen LogP contribution in [0.5, 0.6) is 5.88 Å². The summed E-state index contributed by atoms with van der Waals surface area (Å²) in [6.45, 7) is 2.21. The van der Waals surface area contributed by atoms with E-state index in [1.54, 1.807) is 12.1 Å². The first-order valence-electron chi connectivity index (χ1n) is 8.30. The summed E-state index contributed by atoms with van der Waals surface area (Å²) >= 11 is 6.10. The van der Waals surface area contributed by atoms with Crippen molar-refractivity contribution in [3.8, 4) is 17.1 Å². The molecule has 4 rings (SSSR count). The van der Waals surface area contributed by atoms with Gasteiger partial charge in [0.05, 0.1) is 10.7 Å². The molecule has 0 amide bonds. The van der Waals surface area contributed by atoms with Gasteiger partial charge < -0.3 is 10.1 Å². The zero-order chi connectivity index (χ0) is 16.6. The van der Waals surface area contributed by atoms with Gasteiger partial charge in [-0.1, -0.05) is 11.6 Å². The van der Waals surface area contributed by atoms with Crippen LogP contribution in [0.15, 0.2) is 30.3 Å². The lowest BCUT2D eigenvalue weighted by molar-refractivity contribution is -0.0371. The summed E-state index contributed by atoms with van der Waals surface area (Å²) < 4.78 is 19.3. The molecular weight excluding hydrogens is 364 g/mol. The van der Waals surface area contributed by atoms with Crippen LogP contribution in [0.1, 0.15) is 25.7 Å². The standard InChI is InChI=1S/C18H19ClFN3O.ClH/c19-15-2-1-12(20)9-14(15)16-3-4-17(23-22-16)24-13-10-18(11-13)5-7-21-8-6-18;/h1-4,9,13,21H,5-8,10-11H2;1H. The van der Waals surface area contributed by atoms with E-state index in [2.05, 4.69) is 15.5 Å². The molecule has 2 heterocycles. The monoisotopic (exact) mass is 383 g/mol. The van der Waals surface area contributed by atoms with Gasteiger partial charge in [0.25, 0.3) is 0 Å². The van der Waals surface area contributed by atoms with Crippen molar-refractivity contribution in [1.29, 1.82) is 0 Å². The number of hydrogen-bond donors (Lipinski definition) is 1. The number of rotatable bonds is 3. The molecule has 1 aromatic carbocycles.